The van der Waals surface area contributed by atoms with E-state index in [0.717, 1.165) is 11.3 Å². The maximum Gasteiger partial charge on any atom is 0.162 e. The molecule has 4 nitrogen and oxygen atoms in total. The Morgan fingerprint density at radius 2 is 1.79 bits per heavy atom. The minimum atomic E-state index is 0.270. The molecule has 0 unspecified atom stereocenters. The summed E-state index contributed by atoms with van der Waals surface area (Å²) >= 11 is 0. The molecule has 0 aliphatic rings. The maximum absolute atomic E-state index is 9.40. The van der Waals surface area contributed by atoms with Crippen molar-refractivity contribution in [2.75, 3.05) is 19.5 Å². The highest BCUT2D eigenvalue weighted by Crippen LogP contribution is 2.29. The van der Waals surface area contributed by atoms with Crippen LogP contribution in [-0.4, -0.2) is 19.3 Å². The second-order valence-electron chi connectivity index (χ2n) is 4.09. The summed E-state index contributed by atoms with van der Waals surface area (Å²) in [6.45, 7) is 0.629. The van der Waals surface area contributed by atoms with Crippen LogP contribution in [0.15, 0.2) is 42.5 Å². The molecule has 0 aliphatic carbocycles. The van der Waals surface area contributed by atoms with Crippen LogP contribution in [0.5, 0.6) is 17.2 Å². The van der Waals surface area contributed by atoms with Gasteiger partial charge in [0, 0.05) is 18.3 Å². The fraction of sp³-hybridized carbons (Fsp3) is 0.200. The molecule has 0 atom stereocenters. The molecule has 0 heterocycles. The Morgan fingerprint density at radius 3 is 2.47 bits per heavy atom. The first-order valence-corrected chi connectivity index (χ1v) is 5.96. The third kappa shape index (κ3) is 3.31. The van der Waals surface area contributed by atoms with Crippen LogP contribution in [0.3, 0.4) is 0 Å². The molecule has 2 aromatic carbocycles. The lowest BCUT2D eigenvalue weighted by Crippen LogP contribution is -2.00. The fourth-order valence-corrected chi connectivity index (χ4v) is 1.82. The SMILES string of the molecule is COc1ccc(NCc2cccc(O)c2)cc1OC. The third-order valence-corrected chi connectivity index (χ3v) is 2.79. The van der Waals surface area contributed by atoms with Crippen molar-refractivity contribution < 1.29 is 14.6 Å². The highest BCUT2D eigenvalue weighted by Gasteiger charge is 2.04. The van der Waals surface area contributed by atoms with E-state index >= 15 is 0 Å². The number of nitrogens with one attached hydrogen (secondary N) is 1. The van der Waals surface area contributed by atoms with Crippen molar-refractivity contribution in [3.05, 3.63) is 48.0 Å². The second-order valence-corrected chi connectivity index (χ2v) is 4.09. The van der Waals surface area contributed by atoms with Crippen LogP contribution in [-0.2, 0) is 6.54 Å². The van der Waals surface area contributed by atoms with E-state index in [9.17, 15) is 5.11 Å². The zero-order chi connectivity index (χ0) is 13.7. The molecule has 100 valence electrons. The van der Waals surface area contributed by atoms with Crippen LogP contribution < -0.4 is 14.8 Å². The van der Waals surface area contributed by atoms with Crippen LogP contribution in [0.4, 0.5) is 5.69 Å². The van der Waals surface area contributed by atoms with Crippen LogP contribution >= 0.6 is 0 Å². The van der Waals surface area contributed by atoms with Gasteiger partial charge >= 0.3 is 0 Å². The number of phenols is 1. The first kappa shape index (κ1) is 13.1. The zero-order valence-corrected chi connectivity index (χ0v) is 11.0. The van der Waals surface area contributed by atoms with Crippen molar-refractivity contribution in [1.29, 1.82) is 0 Å². The molecule has 0 saturated carbocycles. The van der Waals surface area contributed by atoms with Gasteiger partial charge in [0.05, 0.1) is 14.2 Å². The normalized spacial score (nSPS) is 10.0. The molecule has 0 spiro atoms. The predicted octanol–water partition coefficient (Wildman–Crippen LogP) is 3.02. The van der Waals surface area contributed by atoms with Gasteiger partial charge in [0.15, 0.2) is 11.5 Å². The molecule has 0 aliphatic heterocycles. The van der Waals surface area contributed by atoms with Crippen molar-refractivity contribution in [2.45, 2.75) is 6.54 Å². The van der Waals surface area contributed by atoms with Gasteiger partial charge in [-0.2, -0.15) is 0 Å². The highest BCUT2D eigenvalue weighted by molar-refractivity contribution is 5.55. The summed E-state index contributed by atoms with van der Waals surface area (Å²) in [6.07, 6.45) is 0. The topological polar surface area (TPSA) is 50.7 Å². The van der Waals surface area contributed by atoms with Gasteiger partial charge in [-0.3, -0.25) is 0 Å². The number of methoxy groups -OCH3 is 2. The monoisotopic (exact) mass is 259 g/mol. The molecule has 0 bridgehead atoms. The van der Waals surface area contributed by atoms with Crippen molar-refractivity contribution in [3.8, 4) is 17.2 Å². The highest BCUT2D eigenvalue weighted by atomic mass is 16.5. The van der Waals surface area contributed by atoms with Crippen molar-refractivity contribution in [2.24, 2.45) is 0 Å². The summed E-state index contributed by atoms with van der Waals surface area (Å²) in [4.78, 5) is 0. The van der Waals surface area contributed by atoms with Gasteiger partial charge in [0.1, 0.15) is 5.75 Å². The lowest BCUT2D eigenvalue weighted by molar-refractivity contribution is 0.355. The Morgan fingerprint density at radius 1 is 1.00 bits per heavy atom. The van der Waals surface area contributed by atoms with E-state index in [1.807, 2.05) is 30.3 Å². The molecule has 2 N–H and O–H groups in total. The van der Waals surface area contributed by atoms with Gasteiger partial charge in [-0.1, -0.05) is 12.1 Å². The van der Waals surface area contributed by atoms with Gasteiger partial charge in [0.25, 0.3) is 0 Å². The Hall–Kier alpha value is -2.36. The lowest BCUT2D eigenvalue weighted by atomic mass is 10.2. The number of hydrogen-bond acceptors (Lipinski definition) is 4. The van der Waals surface area contributed by atoms with Gasteiger partial charge in [-0.15, -0.1) is 0 Å². The van der Waals surface area contributed by atoms with E-state index in [-0.39, 0.29) is 5.75 Å². The molecule has 0 saturated heterocycles. The number of phenolic OH excluding ortho intramolecular Hbond substituents is 1. The van der Waals surface area contributed by atoms with Crippen molar-refractivity contribution in [1.82, 2.24) is 0 Å². The lowest BCUT2D eigenvalue weighted by Gasteiger charge is -2.11. The smallest absolute Gasteiger partial charge is 0.162 e. The van der Waals surface area contributed by atoms with E-state index < -0.39 is 0 Å². The van der Waals surface area contributed by atoms with Crippen LogP contribution in [0.2, 0.25) is 0 Å². The van der Waals surface area contributed by atoms with Crippen molar-refractivity contribution >= 4 is 5.69 Å². The number of hydrogen-bond donors (Lipinski definition) is 2. The Balaban J connectivity index is 2.07. The molecular formula is C15H17NO3. The Labute approximate surface area is 112 Å². The largest absolute Gasteiger partial charge is 0.508 e. The Kier molecular flexibility index (Phi) is 4.13. The van der Waals surface area contributed by atoms with Crippen molar-refractivity contribution in [3.63, 3.8) is 0 Å². The summed E-state index contributed by atoms with van der Waals surface area (Å²) < 4.78 is 10.4. The van der Waals surface area contributed by atoms with E-state index in [2.05, 4.69) is 5.32 Å². The van der Waals surface area contributed by atoms with E-state index in [1.165, 1.54) is 0 Å². The van der Waals surface area contributed by atoms with Gasteiger partial charge in [0.2, 0.25) is 0 Å². The molecule has 0 amide bonds. The molecule has 2 aromatic rings. The van der Waals surface area contributed by atoms with E-state index in [1.54, 1.807) is 26.4 Å². The van der Waals surface area contributed by atoms with Gasteiger partial charge < -0.3 is 19.9 Å². The zero-order valence-electron chi connectivity index (χ0n) is 11.0. The average molecular weight is 259 g/mol. The number of benzene rings is 2. The van der Waals surface area contributed by atoms with Gasteiger partial charge in [-0.05, 0) is 29.8 Å². The summed E-state index contributed by atoms with van der Waals surface area (Å²) in [5, 5.41) is 12.7. The number of rotatable bonds is 5. The quantitative estimate of drug-likeness (QED) is 0.866. The van der Waals surface area contributed by atoms with E-state index in [0.29, 0.717) is 18.0 Å². The molecule has 0 fully saturated rings. The minimum absolute atomic E-state index is 0.270. The standard InChI is InChI=1S/C15H17NO3/c1-18-14-7-6-12(9-15(14)19-2)16-10-11-4-3-5-13(17)8-11/h3-9,16-17H,10H2,1-2H3. The third-order valence-electron chi connectivity index (χ3n) is 2.79. The molecule has 4 heteroatoms. The molecule has 2 rings (SSSR count). The number of ether oxygens (including phenoxy) is 2. The summed E-state index contributed by atoms with van der Waals surface area (Å²) in [5.74, 6) is 1.65. The summed E-state index contributed by atoms with van der Waals surface area (Å²) in [5.41, 5.74) is 1.94. The number of aromatic hydroxyl groups is 1. The second kappa shape index (κ2) is 6.00. The number of anilines is 1. The van der Waals surface area contributed by atoms with Crippen LogP contribution in [0.1, 0.15) is 5.56 Å². The first-order valence-electron chi connectivity index (χ1n) is 5.96. The molecule has 0 aromatic heterocycles. The average Bonchev–Trinajstić information content (AvgIpc) is 2.45. The molecule has 0 radical (unpaired) electrons. The minimum Gasteiger partial charge on any atom is -0.508 e. The summed E-state index contributed by atoms with van der Waals surface area (Å²) in [7, 11) is 3.22. The van der Waals surface area contributed by atoms with E-state index in [4.69, 9.17) is 9.47 Å². The Bertz CT molecular complexity index is 555. The maximum atomic E-state index is 9.40. The summed E-state index contributed by atoms with van der Waals surface area (Å²) in [6, 6.07) is 12.8. The van der Waals surface area contributed by atoms with Crippen LogP contribution in [0, 0.1) is 0 Å². The molecular weight excluding hydrogens is 242 g/mol. The first-order chi connectivity index (χ1) is 9.22. The van der Waals surface area contributed by atoms with Gasteiger partial charge in [-0.25, -0.2) is 0 Å². The molecule has 19 heavy (non-hydrogen) atoms. The fourth-order valence-electron chi connectivity index (χ4n) is 1.82. The predicted molar refractivity (Wildman–Crippen MR) is 75.0 cm³/mol. The van der Waals surface area contributed by atoms with Crippen LogP contribution in [0.25, 0.3) is 0 Å².